The summed E-state index contributed by atoms with van der Waals surface area (Å²) in [6.45, 7) is 2.71. The van der Waals surface area contributed by atoms with Crippen LogP contribution in [0.4, 0.5) is 0 Å². The Morgan fingerprint density at radius 1 is 1.38 bits per heavy atom. The van der Waals surface area contributed by atoms with Gasteiger partial charge in [0.25, 0.3) is 5.56 Å². The maximum Gasteiger partial charge on any atom is 0.258 e. The Morgan fingerprint density at radius 2 is 2.17 bits per heavy atom. The first-order valence-electron chi connectivity index (χ1n) is 8.54. The third-order valence-corrected chi connectivity index (χ3v) is 4.34. The third kappa shape index (κ3) is 4.00. The number of aromatic nitrogens is 2. The van der Waals surface area contributed by atoms with Crippen molar-refractivity contribution in [1.82, 2.24) is 15.3 Å². The first-order chi connectivity index (χ1) is 11.7. The molecule has 3 rings (SSSR count). The van der Waals surface area contributed by atoms with Gasteiger partial charge in [0, 0.05) is 25.5 Å². The fraction of sp³-hybridized carbons (Fsp3) is 0.500. The maximum atomic E-state index is 12.0. The molecule has 1 aromatic carbocycles. The lowest BCUT2D eigenvalue weighted by atomic mass is 9.89. The second-order valence-electron chi connectivity index (χ2n) is 6.20. The zero-order valence-electron chi connectivity index (χ0n) is 13.9. The molecule has 1 amide bonds. The van der Waals surface area contributed by atoms with Crippen molar-refractivity contribution in [2.24, 2.45) is 0 Å². The lowest BCUT2D eigenvalue weighted by Gasteiger charge is -2.35. The summed E-state index contributed by atoms with van der Waals surface area (Å²) in [5, 5.41) is 3.61. The van der Waals surface area contributed by atoms with E-state index in [0.29, 0.717) is 42.1 Å². The number of benzene rings is 1. The number of hydrogen-bond donors (Lipinski definition) is 2. The summed E-state index contributed by atoms with van der Waals surface area (Å²) in [6.07, 6.45) is 3.78. The molecule has 0 unspecified atom stereocenters. The molecular formula is C18H23N3O3. The number of amides is 1. The van der Waals surface area contributed by atoms with E-state index in [0.717, 1.165) is 19.4 Å². The van der Waals surface area contributed by atoms with E-state index in [1.165, 1.54) is 0 Å². The van der Waals surface area contributed by atoms with Gasteiger partial charge in [-0.2, -0.15) is 0 Å². The number of hydrogen-bond acceptors (Lipinski definition) is 4. The third-order valence-electron chi connectivity index (χ3n) is 4.34. The molecule has 1 fully saturated rings. The topological polar surface area (TPSA) is 84.1 Å². The van der Waals surface area contributed by atoms with Gasteiger partial charge in [-0.15, -0.1) is 0 Å². The zero-order valence-corrected chi connectivity index (χ0v) is 13.9. The van der Waals surface area contributed by atoms with Crippen LogP contribution in [0.15, 0.2) is 29.1 Å². The number of aromatic amines is 1. The molecule has 2 N–H and O–H groups in total. The molecule has 6 nitrogen and oxygen atoms in total. The van der Waals surface area contributed by atoms with Crippen molar-refractivity contribution in [3.8, 4) is 0 Å². The van der Waals surface area contributed by atoms with E-state index >= 15 is 0 Å². The molecule has 24 heavy (non-hydrogen) atoms. The van der Waals surface area contributed by atoms with E-state index in [-0.39, 0.29) is 17.5 Å². The molecule has 0 atom stereocenters. The summed E-state index contributed by atoms with van der Waals surface area (Å²) < 4.78 is 5.48. The van der Waals surface area contributed by atoms with Crippen LogP contribution in [0.2, 0.25) is 0 Å². The first kappa shape index (κ1) is 16.6. The van der Waals surface area contributed by atoms with Gasteiger partial charge in [-0.3, -0.25) is 9.59 Å². The smallest absolute Gasteiger partial charge is 0.258 e. The number of fused-ring (bicyclic) bond motifs is 1. The van der Waals surface area contributed by atoms with Gasteiger partial charge >= 0.3 is 0 Å². The highest BCUT2D eigenvalue weighted by Crippen LogP contribution is 2.23. The first-order valence-corrected chi connectivity index (χ1v) is 8.54. The van der Waals surface area contributed by atoms with Crippen molar-refractivity contribution in [2.45, 2.75) is 51.2 Å². The normalized spacial score (nSPS) is 19.9. The number of ether oxygens (including phenoxy) is 1. The van der Waals surface area contributed by atoms with E-state index in [1.54, 1.807) is 6.07 Å². The number of H-pyrrole nitrogens is 1. The van der Waals surface area contributed by atoms with Crippen LogP contribution < -0.4 is 10.9 Å². The number of rotatable bonds is 7. The van der Waals surface area contributed by atoms with E-state index < -0.39 is 0 Å². The number of carbonyl (C=O) groups excluding carboxylic acids is 1. The molecule has 0 radical (unpaired) electrons. The Morgan fingerprint density at radius 3 is 2.96 bits per heavy atom. The minimum atomic E-state index is -0.128. The highest BCUT2D eigenvalue weighted by Gasteiger charge is 2.30. The van der Waals surface area contributed by atoms with Gasteiger partial charge < -0.3 is 15.0 Å². The van der Waals surface area contributed by atoms with Crippen molar-refractivity contribution in [1.29, 1.82) is 0 Å². The summed E-state index contributed by atoms with van der Waals surface area (Å²) in [6, 6.07) is 7.51. The second-order valence-corrected chi connectivity index (χ2v) is 6.20. The molecule has 1 heterocycles. The van der Waals surface area contributed by atoms with Crippen LogP contribution in [-0.4, -0.2) is 34.6 Å². The summed E-state index contributed by atoms with van der Waals surface area (Å²) in [7, 11) is 0. The molecule has 128 valence electrons. The van der Waals surface area contributed by atoms with Gasteiger partial charge in [-0.1, -0.05) is 12.1 Å². The fourth-order valence-electron chi connectivity index (χ4n) is 3.02. The molecule has 1 saturated carbocycles. The van der Waals surface area contributed by atoms with Crippen LogP contribution in [-0.2, 0) is 16.0 Å². The van der Waals surface area contributed by atoms with E-state index in [9.17, 15) is 9.59 Å². The van der Waals surface area contributed by atoms with E-state index in [1.807, 2.05) is 25.1 Å². The minimum absolute atomic E-state index is 0.0538. The van der Waals surface area contributed by atoms with Crippen LogP contribution in [0.1, 0.15) is 38.4 Å². The monoisotopic (exact) mass is 329 g/mol. The number of nitrogens with one attached hydrogen (secondary N) is 2. The fourth-order valence-corrected chi connectivity index (χ4v) is 3.02. The van der Waals surface area contributed by atoms with E-state index in [4.69, 9.17) is 4.74 Å². The quantitative estimate of drug-likeness (QED) is 0.813. The van der Waals surface area contributed by atoms with Crippen molar-refractivity contribution in [3.05, 3.63) is 40.4 Å². The van der Waals surface area contributed by atoms with Gasteiger partial charge in [0.2, 0.25) is 5.91 Å². The standard InChI is InChI=1S/C18H23N3O3/c1-2-24-13-10-12(11-13)19-17(22)9-5-8-16-20-15-7-4-3-6-14(15)18(23)21-16/h3-4,6-7,12-13H,2,5,8-11H2,1H3,(H,19,22)(H,20,21,23). The number of para-hydroxylation sites is 1. The van der Waals surface area contributed by atoms with Crippen molar-refractivity contribution in [3.63, 3.8) is 0 Å². The molecule has 1 aliphatic carbocycles. The molecule has 2 aromatic rings. The van der Waals surface area contributed by atoms with Crippen molar-refractivity contribution in [2.75, 3.05) is 6.61 Å². The molecule has 0 spiro atoms. The number of aryl methyl sites for hydroxylation is 1. The summed E-state index contributed by atoms with van der Waals surface area (Å²) in [5.41, 5.74) is 0.564. The van der Waals surface area contributed by atoms with Crippen LogP contribution in [0.3, 0.4) is 0 Å². The van der Waals surface area contributed by atoms with Gasteiger partial charge in [0.15, 0.2) is 0 Å². The highest BCUT2D eigenvalue weighted by molar-refractivity contribution is 5.77. The van der Waals surface area contributed by atoms with Crippen molar-refractivity contribution < 1.29 is 9.53 Å². The largest absolute Gasteiger partial charge is 0.378 e. The average Bonchev–Trinajstić information content (AvgIpc) is 2.53. The predicted molar refractivity (Wildman–Crippen MR) is 91.9 cm³/mol. The molecule has 1 aliphatic rings. The van der Waals surface area contributed by atoms with Gasteiger partial charge in [0.1, 0.15) is 5.82 Å². The summed E-state index contributed by atoms with van der Waals surface area (Å²) in [4.78, 5) is 31.2. The van der Waals surface area contributed by atoms with E-state index in [2.05, 4.69) is 15.3 Å². The van der Waals surface area contributed by atoms with Crippen LogP contribution in [0.25, 0.3) is 10.9 Å². The molecule has 0 aliphatic heterocycles. The van der Waals surface area contributed by atoms with Gasteiger partial charge in [-0.25, -0.2) is 4.98 Å². The Kier molecular flexibility index (Phi) is 5.25. The minimum Gasteiger partial charge on any atom is -0.378 e. The molecule has 0 saturated heterocycles. The Labute approximate surface area is 140 Å². The SMILES string of the molecule is CCOC1CC(NC(=O)CCCc2nc3ccccc3c(=O)[nH]2)C1. The molecule has 6 heteroatoms. The summed E-state index contributed by atoms with van der Waals surface area (Å²) >= 11 is 0. The lowest BCUT2D eigenvalue weighted by Crippen LogP contribution is -2.47. The molecule has 0 bridgehead atoms. The Balaban J connectivity index is 1.45. The average molecular weight is 329 g/mol. The second kappa shape index (κ2) is 7.57. The number of carbonyl (C=O) groups is 1. The van der Waals surface area contributed by atoms with Crippen LogP contribution in [0, 0.1) is 0 Å². The Hall–Kier alpha value is -2.21. The predicted octanol–water partition coefficient (Wildman–Crippen LogP) is 1.93. The van der Waals surface area contributed by atoms with Crippen LogP contribution in [0.5, 0.6) is 0 Å². The zero-order chi connectivity index (χ0) is 16.9. The highest BCUT2D eigenvalue weighted by atomic mass is 16.5. The summed E-state index contributed by atoms with van der Waals surface area (Å²) in [5.74, 6) is 0.685. The number of nitrogens with zero attached hydrogens (tertiary/aromatic N) is 1. The lowest BCUT2D eigenvalue weighted by molar-refractivity contribution is -0.123. The van der Waals surface area contributed by atoms with Crippen LogP contribution >= 0.6 is 0 Å². The molecule has 1 aromatic heterocycles. The molecular weight excluding hydrogens is 306 g/mol. The Bertz CT molecular complexity index is 765. The van der Waals surface area contributed by atoms with Gasteiger partial charge in [-0.05, 0) is 38.3 Å². The maximum absolute atomic E-state index is 12.0. The van der Waals surface area contributed by atoms with Gasteiger partial charge in [0.05, 0.1) is 17.0 Å². The van der Waals surface area contributed by atoms with Crippen molar-refractivity contribution >= 4 is 16.8 Å².